The highest BCUT2D eigenvalue weighted by Gasteiger charge is 2.31. The second kappa shape index (κ2) is 6.74. The van der Waals surface area contributed by atoms with Gasteiger partial charge >= 0.3 is 10.1 Å². The molecule has 0 aliphatic carbocycles. The van der Waals surface area contributed by atoms with Crippen LogP contribution in [0.5, 0.6) is 5.75 Å². The average Bonchev–Trinajstić information content (AvgIpc) is 2.66. The van der Waals surface area contributed by atoms with Crippen molar-refractivity contribution in [2.45, 2.75) is 4.90 Å². The lowest BCUT2D eigenvalue weighted by Gasteiger charge is -2.11. The fraction of sp³-hybridized carbons (Fsp3) is 0.0625. The van der Waals surface area contributed by atoms with E-state index in [1.54, 1.807) is 0 Å². The van der Waals surface area contributed by atoms with Gasteiger partial charge in [-0.15, -0.1) is 0 Å². The molecule has 0 amide bonds. The second-order valence-corrected chi connectivity index (χ2v) is 7.49. The van der Waals surface area contributed by atoms with Gasteiger partial charge in [-0.1, -0.05) is 17.7 Å². The Bertz CT molecular complexity index is 1280. The first-order valence-corrected chi connectivity index (χ1v) is 8.99. The van der Waals surface area contributed by atoms with Crippen LogP contribution < -0.4 is 9.74 Å². The van der Waals surface area contributed by atoms with E-state index < -0.39 is 55.4 Å². The van der Waals surface area contributed by atoms with Crippen LogP contribution in [0.15, 0.2) is 34.1 Å². The molecule has 0 fully saturated rings. The predicted octanol–water partition coefficient (Wildman–Crippen LogP) is 3.66. The molecule has 3 rings (SSSR count). The maximum absolute atomic E-state index is 13.7. The normalized spacial score (nSPS) is 11.8. The van der Waals surface area contributed by atoms with E-state index >= 15 is 0 Å². The van der Waals surface area contributed by atoms with Gasteiger partial charge in [-0.25, -0.2) is 13.2 Å². The summed E-state index contributed by atoms with van der Waals surface area (Å²) in [5.41, 5.74) is -0.646. The molecular formula is C16H7ClF5NO4S. The molecule has 0 saturated heterocycles. The number of nitrogens with zero attached hydrogens (tertiary/aromatic N) is 1. The summed E-state index contributed by atoms with van der Waals surface area (Å²) in [6.07, 6.45) is 1.28. The van der Waals surface area contributed by atoms with Crippen LogP contribution in [0.25, 0.3) is 10.8 Å². The highest BCUT2D eigenvalue weighted by atomic mass is 35.5. The van der Waals surface area contributed by atoms with Crippen molar-refractivity contribution in [3.8, 4) is 5.75 Å². The zero-order valence-electron chi connectivity index (χ0n) is 13.6. The average molecular weight is 440 g/mol. The van der Waals surface area contributed by atoms with Crippen molar-refractivity contribution in [1.29, 1.82) is 0 Å². The number of hydrogen-bond donors (Lipinski definition) is 0. The first-order chi connectivity index (χ1) is 13.0. The fourth-order valence-corrected chi connectivity index (χ4v) is 3.64. The summed E-state index contributed by atoms with van der Waals surface area (Å²) in [6, 6.07) is 2.84. The van der Waals surface area contributed by atoms with Crippen LogP contribution in [0.2, 0.25) is 5.02 Å². The summed E-state index contributed by atoms with van der Waals surface area (Å²) < 4.78 is 96.7. The van der Waals surface area contributed by atoms with Gasteiger partial charge in [0.15, 0.2) is 0 Å². The SMILES string of the molecule is Cn1cc(Cl)c2ccc(S(=O)(=O)Oc3c(F)c(F)c(F)c(F)c3F)cc2c1=O. The molecule has 1 heterocycles. The minimum Gasteiger partial charge on any atom is -0.372 e. The number of fused-ring (bicyclic) bond motifs is 1. The van der Waals surface area contributed by atoms with E-state index in [-0.39, 0.29) is 15.8 Å². The number of halogens is 6. The largest absolute Gasteiger partial charge is 0.372 e. The Morgan fingerprint density at radius 2 is 1.46 bits per heavy atom. The molecule has 0 bridgehead atoms. The Kier molecular flexibility index (Phi) is 4.84. The monoisotopic (exact) mass is 439 g/mol. The lowest BCUT2D eigenvalue weighted by molar-refractivity contribution is 0.346. The molecule has 0 aliphatic rings. The van der Waals surface area contributed by atoms with Crippen LogP contribution in [0.1, 0.15) is 0 Å². The molecular weight excluding hydrogens is 433 g/mol. The Labute approximate surface area is 158 Å². The van der Waals surface area contributed by atoms with Crippen LogP contribution in [-0.4, -0.2) is 13.0 Å². The van der Waals surface area contributed by atoms with E-state index in [1.807, 2.05) is 0 Å². The van der Waals surface area contributed by atoms with E-state index in [0.717, 1.165) is 22.8 Å². The molecule has 0 unspecified atom stereocenters. The summed E-state index contributed by atoms with van der Waals surface area (Å²) in [5.74, 6) is -14.1. The summed E-state index contributed by atoms with van der Waals surface area (Å²) in [5, 5.41) is 0.124. The quantitative estimate of drug-likeness (QED) is 0.270. The van der Waals surface area contributed by atoms with Crippen LogP contribution in [0, 0.1) is 29.1 Å². The highest BCUT2D eigenvalue weighted by Crippen LogP contribution is 2.32. The first-order valence-electron chi connectivity index (χ1n) is 7.20. The van der Waals surface area contributed by atoms with Gasteiger partial charge < -0.3 is 8.75 Å². The molecule has 12 heteroatoms. The molecule has 0 spiro atoms. The van der Waals surface area contributed by atoms with Crippen LogP contribution in [0.4, 0.5) is 22.0 Å². The molecule has 0 N–H and O–H groups in total. The fourth-order valence-electron chi connectivity index (χ4n) is 2.37. The molecule has 0 radical (unpaired) electrons. The van der Waals surface area contributed by atoms with Gasteiger partial charge in [-0.05, 0) is 12.1 Å². The lowest BCUT2D eigenvalue weighted by Crippen LogP contribution is -2.18. The van der Waals surface area contributed by atoms with Crippen molar-refractivity contribution in [3.63, 3.8) is 0 Å². The third-order valence-corrected chi connectivity index (χ3v) is 5.28. The molecule has 2 aromatic carbocycles. The number of aryl methyl sites for hydroxylation is 1. The third-order valence-electron chi connectivity index (χ3n) is 3.76. The zero-order chi connectivity index (χ0) is 21.0. The topological polar surface area (TPSA) is 65.4 Å². The van der Waals surface area contributed by atoms with Crippen LogP contribution in [0.3, 0.4) is 0 Å². The van der Waals surface area contributed by atoms with Crippen molar-refractivity contribution in [1.82, 2.24) is 4.57 Å². The number of hydrogen-bond acceptors (Lipinski definition) is 4. The van der Waals surface area contributed by atoms with Crippen molar-refractivity contribution >= 4 is 32.5 Å². The third kappa shape index (κ3) is 3.10. The number of benzene rings is 2. The van der Waals surface area contributed by atoms with Crippen molar-refractivity contribution in [2.75, 3.05) is 0 Å². The van der Waals surface area contributed by atoms with Gasteiger partial charge in [-0.2, -0.15) is 17.2 Å². The highest BCUT2D eigenvalue weighted by molar-refractivity contribution is 7.87. The molecule has 3 aromatic rings. The Morgan fingerprint density at radius 3 is 2.04 bits per heavy atom. The minimum atomic E-state index is -5.07. The van der Waals surface area contributed by atoms with Crippen molar-refractivity contribution < 1.29 is 34.6 Å². The Balaban J connectivity index is 2.18. The first kappa shape index (κ1) is 20.1. The van der Waals surface area contributed by atoms with Gasteiger partial charge in [0, 0.05) is 18.6 Å². The van der Waals surface area contributed by atoms with Crippen LogP contribution >= 0.6 is 11.6 Å². The molecule has 148 valence electrons. The predicted molar refractivity (Wildman–Crippen MR) is 88.2 cm³/mol. The Hall–Kier alpha value is -2.66. The molecule has 0 saturated carbocycles. The van der Waals surface area contributed by atoms with E-state index in [0.29, 0.717) is 0 Å². The summed E-state index contributed by atoms with van der Waals surface area (Å²) >= 11 is 5.96. The molecule has 28 heavy (non-hydrogen) atoms. The van der Waals surface area contributed by atoms with Crippen molar-refractivity contribution in [3.05, 3.63) is 68.9 Å². The minimum absolute atomic E-state index is 0.113. The summed E-state index contributed by atoms with van der Waals surface area (Å²) in [6.45, 7) is 0. The van der Waals surface area contributed by atoms with Gasteiger partial charge in [0.05, 0.1) is 10.4 Å². The maximum atomic E-state index is 13.7. The summed E-state index contributed by atoms with van der Waals surface area (Å²) in [4.78, 5) is 11.4. The van der Waals surface area contributed by atoms with Crippen LogP contribution in [-0.2, 0) is 17.2 Å². The second-order valence-electron chi connectivity index (χ2n) is 5.54. The van der Waals surface area contributed by atoms with Gasteiger partial charge in [0.2, 0.25) is 34.8 Å². The molecule has 5 nitrogen and oxygen atoms in total. The van der Waals surface area contributed by atoms with E-state index in [4.69, 9.17) is 11.6 Å². The number of rotatable bonds is 3. The maximum Gasteiger partial charge on any atom is 0.339 e. The lowest BCUT2D eigenvalue weighted by atomic mass is 10.2. The molecule has 0 aliphatic heterocycles. The van der Waals surface area contributed by atoms with Gasteiger partial charge in [-0.3, -0.25) is 4.79 Å². The molecule has 0 atom stereocenters. The zero-order valence-corrected chi connectivity index (χ0v) is 15.1. The van der Waals surface area contributed by atoms with E-state index in [2.05, 4.69) is 4.18 Å². The summed E-state index contributed by atoms with van der Waals surface area (Å²) in [7, 11) is -3.72. The number of aromatic nitrogens is 1. The van der Waals surface area contributed by atoms with Gasteiger partial charge in [0.25, 0.3) is 5.56 Å². The van der Waals surface area contributed by atoms with Crippen molar-refractivity contribution in [2.24, 2.45) is 7.05 Å². The number of pyridine rings is 1. The Morgan fingerprint density at radius 1 is 0.929 bits per heavy atom. The van der Waals surface area contributed by atoms with E-state index in [1.165, 1.54) is 13.2 Å². The smallest absolute Gasteiger partial charge is 0.339 e. The standard InChI is InChI=1S/C16H7ClF5NO4S/c1-23-5-9(17)7-3-2-6(4-8(7)16(23)24)28(25,26)27-15-13(21)11(19)10(18)12(20)14(15)22/h2-5H,1H3. The van der Waals surface area contributed by atoms with E-state index in [9.17, 15) is 35.2 Å². The molecule has 1 aromatic heterocycles. The van der Waals surface area contributed by atoms with Gasteiger partial charge in [0.1, 0.15) is 4.90 Å².